The van der Waals surface area contributed by atoms with E-state index in [4.69, 9.17) is 5.73 Å². The Kier molecular flexibility index (Phi) is 7.52. The predicted octanol–water partition coefficient (Wildman–Crippen LogP) is 1.28. The molecule has 1 fully saturated rings. The second-order valence-corrected chi connectivity index (χ2v) is 9.81. The number of nitrogens with one attached hydrogen (secondary N) is 1. The summed E-state index contributed by atoms with van der Waals surface area (Å²) in [5, 5.41) is 46.9. The van der Waals surface area contributed by atoms with Gasteiger partial charge in [-0.25, -0.2) is 0 Å². The maximum absolute atomic E-state index is 13.5. The number of primary amides is 1. The van der Waals surface area contributed by atoms with Gasteiger partial charge in [0.25, 0.3) is 5.91 Å². The number of rotatable bonds is 4. The van der Waals surface area contributed by atoms with Crippen molar-refractivity contribution in [3.8, 4) is 5.75 Å². The number of phenolic OH excluding ortho intramolecular Hbond substituents is 1. The van der Waals surface area contributed by atoms with Crippen LogP contribution < -0.4 is 16.0 Å². The number of ketones is 2. The van der Waals surface area contributed by atoms with Gasteiger partial charge in [0.05, 0.1) is 5.56 Å². The van der Waals surface area contributed by atoms with E-state index in [9.17, 15) is 34.8 Å². The number of aromatic hydroxyl groups is 1. The second kappa shape index (κ2) is 9.94. The monoisotopic (exact) mass is 501 g/mol. The van der Waals surface area contributed by atoms with Crippen molar-refractivity contribution < 1.29 is 34.8 Å². The van der Waals surface area contributed by atoms with E-state index in [0.29, 0.717) is 24.0 Å². The molecular weight excluding hydrogens is 466 g/mol. The molecule has 0 saturated heterocycles. The fourth-order valence-corrected chi connectivity index (χ4v) is 5.58. The van der Waals surface area contributed by atoms with Gasteiger partial charge < -0.3 is 36.4 Å². The summed E-state index contributed by atoms with van der Waals surface area (Å²) in [6.07, 6.45) is 1.39. The molecule has 0 aliphatic heterocycles. The van der Waals surface area contributed by atoms with Crippen LogP contribution in [0.15, 0.2) is 23.0 Å². The Labute approximate surface area is 210 Å². The summed E-state index contributed by atoms with van der Waals surface area (Å²) in [7, 11) is 7.44. The van der Waals surface area contributed by atoms with E-state index in [1.807, 2.05) is 46.1 Å². The van der Waals surface area contributed by atoms with Crippen LogP contribution in [-0.4, -0.2) is 71.7 Å². The maximum Gasteiger partial charge on any atom is 0.255 e. The van der Waals surface area contributed by atoms with Crippen LogP contribution in [0.4, 0.5) is 5.69 Å². The van der Waals surface area contributed by atoms with Gasteiger partial charge in [0, 0.05) is 37.7 Å². The summed E-state index contributed by atoms with van der Waals surface area (Å²) in [6, 6.07) is 1.87. The van der Waals surface area contributed by atoms with Crippen molar-refractivity contribution in [1.29, 1.82) is 0 Å². The Morgan fingerprint density at radius 3 is 2.33 bits per heavy atom. The highest BCUT2D eigenvalue weighted by molar-refractivity contribution is 6.22. The number of amides is 1. The normalized spacial score (nSPS) is 24.9. The smallest absolute Gasteiger partial charge is 0.255 e. The van der Waals surface area contributed by atoms with Gasteiger partial charge in [-0.15, -0.1) is 0 Å². The minimum absolute atomic E-state index is 0.118. The first kappa shape index (κ1) is 27.2. The summed E-state index contributed by atoms with van der Waals surface area (Å²) in [5.41, 5.74) is 3.96. The standard InChI is InChI=1S/C24H28N2O7.C2H7N/c1-4-5-10-8-14(26(2)3)13-7-11-6-12-9-15(27)18(23(25)32)22(31)24(12,33)21(30)16(11)20(29)17(13)19(10)28;1-3-2/h8,11-12,28-29,31,33H,4-7,9H2,1-3H3,(H2,25,32);3H,1-2H3/t11-,12+,24+;/m1./s1. The van der Waals surface area contributed by atoms with Crippen molar-refractivity contribution in [2.75, 3.05) is 33.1 Å². The van der Waals surface area contributed by atoms with Crippen molar-refractivity contribution in [2.24, 2.45) is 17.6 Å². The van der Waals surface area contributed by atoms with E-state index in [-0.39, 0.29) is 29.7 Å². The largest absolute Gasteiger partial charge is 0.508 e. The lowest BCUT2D eigenvalue weighted by atomic mass is 9.59. The van der Waals surface area contributed by atoms with Crippen LogP contribution in [0, 0.1) is 11.8 Å². The van der Waals surface area contributed by atoms with Crippen LogP contribution in [0.3, 0.4) is 0 Å². The van der Waals surface area contributed by atoms with E-state index >= 15 is 0 Å². The zero-order chi connectivity index (χ0) is 27.1. The van der Waals surface area contributed by atoms with Crippen LogP contribution in [0.2, 0.25) is 0 Å². The van der Waals surface area contributed by atoms with Crippen LogP contribution in [0.1, 0.15) is 42.9 Å². The summed E-state index contributed by atoms with van der Waals surface area (Å²) in [5.74, 6) is -6.11. The van der Waals surface area contributed by atoms with Crippen molar-refractivity contribution >= 4 is 28.9 Å². The molecule has 196 valence electrons. The number of Topliss-reactive ketones (excluding diaryl/α,β-unsaturated/α-hetero) is 2. The average molecular weight is 502 g/mol. The number of carbonyl (C=O) groups is 3. The first-order valence-electron chi connectivity index (χ1n) is 12.0. The van der Waals surface area contributed by atoms with Gasteiger partial charge in [-0.1, -0.05) is 13.3 Å². The number of anilines is 1. The highest BCUT2D eigenvalue weighted by Crippen LogP contribution is 2.53. The molecule has 0 spiro atoms. The molecule has 0 aromatic heterocycles. The number of aliphatic hydroxyl groups excluding tert-OH is 2. The lowest BCUT2D eigenvalue weighted by Crippen LogP contribution is -2.58. The SMILES string of the molecule is CCCc1cc(N(C)C)c2c(c1O)C(O)=C1C(=O)[C@]3(O)C(O)=C(C(N)=O)C(=O)C[C@@H]3C[C@@H]1C2.CNC. The van der Waals surface area contributed by atoms with E-state index in [1.165, 1.54) is 0 Å². The molecule has 3 aliphatic carbocycles. The number of aryl methyl sites for hydroxylation is 1. The molecule has 3 atom stereocenters. The molecule has 3 aliphatic rings. The Morgan fingerprint density at radius 2 is 1.81 bits per heavy atom. The first-order chi connectivity index (χ1) is 16.9. The number of nitrogens with zero attached hydrogens (tertiary/aromatic N) is 1. The van der Waals surface area contributed by atoms with Crippen molar-refractivity contribution in [2.45, 2.75) is 44.6 Å². The van der Waals surface area contributed by atoms with Gasteiger partial charge in [0.1, 0.15) is 22.8 Å². The summed E-state index contributed by atoms with van der Waals surface area (Å²) in [4.78, 5) is 39.5. The second-order valence-electron chi connectivity index (χ2n) is 9.81. The minimum atomic E-state index is -2.55. The summed E-state index contributed by atoms with van der Waals surface area (Å²) >= 11 is 0. The summed E-state index contributed by atoms with van der Waals surface area (Å²) < 4.78 is 0. The Balaban J connectivity index is 0.00000115. The number of carbonyl (C=O) groups excluding carboxylic acids is 3. The Hall–Kier alpha value is -3.37. The van der Waals surface area contributed by atoms with E-state index in [0.717, 1.165) is 12.1 Å². The van der Waals surface area contributed by atoms with Gasteiger partial charge in [-0.3, -0.25) is 14.4 Å². The highest BCUT2D eigenvalue weighted by atomic mass is 16.3. The molecule has 0 bridgehead atoms. The fraction of sp³-hybridized carbons (Fsp3) is 0.500. The summed E-state index contributed by atoms with van der Waals surface area (Å²) in [6.45, 7) is 1.96. The van der Waals surface area contributed by atoms with Gasteiger partial charge in [-0.2, -0.15) is 0 Å². The molecule has 1 saturated carbocycles. The molecule has 0 unspecified atom stereocenters. The van der Waals surface area contributed by atoms with Crippen LogP contribution in [0.5, 0.6) is 5.75 Å². The third-order valence-electron chi connectivity index (χ3n) is 7.12. The number of benzene rings is 1. The fourth-order valence-electron chi connectivity index (χ4n) is 5.58. The van der Waals surface area contributed by atoms with Crippen LogP contribution in [-0.2, 0) is 27.2 Å². The number of hydrogen-bond acceptors (Lipinski definition) is 9. The molecule has 10 nitrogen and oxygen atoms in total. The third-order valence-corrected chi connectivity index (χ3v) is 7.12. The zero-order valence-corrected chi connectivity index (χ0v) is 21.3. The van der Waals surface area contributed by atoms with Crippen LogP contribution in [0.25, 0.3) is 5.76 Å². The molecule has 10 heteroatoms. The molecule has 1 aromatic carbocycles. The van der Waals surface area contributed by atoms with Gasteiger partial charge in [0.15, 0.2) is 11.4 Å². The number of aliphatic hydroxyl groups is 3. The van der Waals surface area contributed by atoms with Gasteiger partial charge in [0.2, 0.25) is 5.78 Å². The molecular formula is C26H35N3O7. The molecule has 36 heavy (non-hydrogen) atoms. The topological polar surface area (TPSA) is 173 Å². The lowest BCUT2D eigenvalue weighted by molar-refractivity contribution is -0.147. The number of nitrogens with two attached hydrogens (primary N) is 1. The van der Waals surface area contributed by atoms with E-state index in [2.05, 4.69) is 5.32 Å². The molecule has 1 aromatic rings. The predicted molar refractivity (Wildman–Crippen MR) is 135 cm³/mol. The number of fused-ring (bicyclic) bond motifs is 3. The molecule has 4 rings (SSSR count). The minimum Gasteiger partial charge on any atom is -0.508 e. The maximum atomic E-state index is 13.5. The van der Waals surface area contributed by atoms with E-state index in [1.54, 1.807) is 0 Å². The average Bonchev–Trinajstić information content (AvgIpc) is 2.78. The Bertz CT molecular complexity index is 1180. The molecule has 1 amide bonds. The Morgan fingerprint density at radius 1 is 1.19 bits per heavy atom. The molecule has 0 heterocycles. The quantitative estimate of drug-likeness (QED) is 0.332. The van der Waals surface area contributed by atoms with Crippen molar-refractivity contribution in [3.63, 3.8) is 0 Å². The van der Waals surface area contributed by atoms with E-state index < -0.39 is 52.0 Å². The molecule has 7 N–H and O–H groups in total. The highest BCUT2D eigenvalue weighted by Gasteiger charge is 2.60. The van der Waals surface area contributed by atoms with Crippen LogP contribution >= 0.6 is 0 Å². The number of phenols is 1. The number of hydrogen-bond donors (Lipinski definition) is 6. The lowest BCUT2D eigenvalue weighted by Gasteiger charge is -2.46. The zero-order valence-electron chi connectivity index (χ0n) is 21.3. The van der Waals surface area contributed by atoms with Gasteiger partial charge in [-0.05, 0) is 56.5 Å². The van der Waals surface area contributed by atoms with Gasteiger partial charge >= 0.3 is 0 Å². The van der Waals surface area contributed by atoms with Crippen molar-refractivity contribution in [1.82, 2.24) is 5.32 Å². The first-order valence-corrected chi connectivity index (χ1v) is 12.0. The molecule has 0 radical (unpaired) electrons. The van der Waals surface area contributed by atoms with Crippen molar-refractivity contribution in [3.05, 3.63) is 39.7 Å². The third kappa shape index (κ3) is 4.04.